The van der Waals surface area contributed by atoms with Crippen molar-refractivity contribution in [2.75, 3.05) is 26.2 Å². The van der Waals surface area contributed by atoms with E-state index >= 15 is 0 Å². The highest BCUT2D eigenvalue weighted by molar-refractivity contribution is 7.91. The number of piperidine rings is 1. The van der Waals surface area contributed by atoms with Gasteiger partial charge >= 0.3 is 0 Å². The number of hydrogen-bond acceptors (Lipinski definition) is 5. The van der Waals surface area contributed by atoms with Crippen LogP contribution in [-0.4, -0.2) is 55.8 Å². The predicted octanol–water partition coefficient (Wildman–Crippen LogP) is 1.02. The Labute approximate surface area is 141 Å². The zero-order valence-electron chi connectivity index (χ0n) is 13.3. The number of aryl methyl sites for hydroxylation is 1. The van der Waals surface area contributed by atoms with Gasteiger partial charge in [0, 0.05) is 37.1 Å². The third kappa shape index (κ3) is 3.45. The van der Waals surface area contributed by atoms with E-state index in [-0.39, 0.29) is 24.4 Å². The van der Waals surface area contributed by atoms with Crippen molar-refractivity contribution in [1.82, 2.24) is 9.21 Å². The highest BCUT2D eigenvalue weighted by atomic mass is 32.2. The van der Waals surface area contributed by atoms with Crippen LogP contribution in [0.1, 0.15) is 24.1 Å². The molecule has 1 aromatic heterocycles. The number of carbonyl (C=O) groups excluding carboxylic acids is 1. The van der Waals surface area contributed by atoms with Crippen molar-refractivity contribution >= 4 is 27.3 Å². The Balaban J connectivity index is 1.72. The number of carbonyl (C=O) groups is 1. The normalized spacial score (nSPS) is 26.6. The minimum absolute atomic E-state index is 0.0523. The van der Waals surface area contributed by atoms with Gasteiger partial charge in [-0.15, -0.1) is 11.3 Å². The molecule has 128 valence electrons. The molecule has 0 aliphatic carbocycles. The molecule has 3 rings (SSSR count). The zero-order chi connectivity index (χ0) is 16.6. The predicted molar refractivity (Wildman–Crippen MR) is 89.7 cm³/mol. The van der Waals surface area contributed by atoms with Gasteiger partial charge in [-0.2, -0.15) is 4.31 Å². The van der Waals surface area contributed by atoms with Gasteiger partial charge in [0.15, 0.2) is 0 Å². The number of likely N-dealkylation sites (tertiary alicyclic amines) is 1. The Morgan fingerprint density at radius 2 is 2.04 bits per heavy atom. The van der Waals surface area contributed by atoms with Gasteiger partial charge in [-0.3, -0.25) is 4.79 Å². The molecule has 6 nitrogen and oxygen atoms in total. The van der Waals surface area contributed by atoms with Crippen LogP contribution >= 0.6 is 11.3 Å². The first-order valence-corrected chi connectivity index (χ1v) is 10.2. The van der Waals surface area contributed by atoms with Crippen LogP contribution in [0.15, 0.2) is 16.3 Å². The summed E-state index contributed by atoms with van der Waals surface area (Å²) in [6, 6.07) is 3.52. The van der Waals surface area contributed by atoms with Gasteiger partial charge in [-0.25, -0.2) is 8.42 Å². The van der Waals surface area contributed by atoms with Gasteiger partial charge < -0.3 is 10.6 Å². The van der Waals surface area contributed by atoms with Gasteiger partial charge in [0.1, 0.15) is 4.21 Å². The summed E-state index contributed by atoms with van der Waals surface area (Å²) in [7, 11) is -3.49. The van der Waals surface area contributed by atoms with Crippen molar-refractivity contribution in [2.45, 2.75) is 36.4 Å². The topological polar surface area (TPSA) is 83.7 Å². The van der Waals surface area contributed by atoms with Crippen LogP contribution in [0.2, 0.25) is 0 Å². The second-order valence-electron chi connectivity index (χ2n) is 6.40. The summed E-state index contributed by atoms with van der Waals surface area (Å²) >= 11 is 1.28. The number of thiophene rings is 1. The highest BCUT2D eigenvalue weighted by Gasteiger charge is 2.36. The lowest BCUT2D eigenvalue weighted by Gasteiger charge is -2.32. The van der Waals surface area contributed by atoms with Gasteiger partial charge in [-0.05, 0) is 38.3 Å². The van der Waals surface area contributed by atoms with E-state index < -0.39 is 10.0 Å². The highest BCUT2D eigenvalue weighted by Crippen LogP contribution is 2.29. The molecule has 2 N–H and O–H groups in total. The third-order valence-electron chi connectivity index (χ3n) is 4.58. The molecule has 0 radical (unpaired) electrons. The van der Waals surface area contributed by atoms with E-state index in [0.29, 0.717) is 23.8 Å². The summed E-state index contributed by atoms with van der Waals surface area (Å²) < 4.78 is 27.3. The Morgan fingerprint density at radius 1 is 1.26 bits per heavy atom. The molecule has 23 heavy (non-hydrogen) atoms. The van der Waals surface area contributed by atoms with Crippen LogP contribution < -0.4 is 5.73 Å². The van der Waals surface area contributed by atoms with Crippen molar-refractivity contribution in [1.29, 1.82) is 0 Å². The minimum Gasteiger partial charge on any atom is -0.341 e. The monoisotopic (exact) mass is 357 g/mol. The Kier molecular flexibility index (Phi) is 4.78. The minimum atomic E-state index is -3.49. The molecule has 0 bridgehead atoms. The van der Waals surface area contributed by atoms with Crippen LogP contribution in [0.5, 0.6) is 0 Å². The van der Waals surface area contributed by atoms with Crippen molar-refractivity contribution in [3.05, 3.63) is 17.0 Å². The standard InChI is InChI=1S/C15H23N3O3S2/c1-11-4-5-14(22-11)23(20,21)18-7-2-3-12(9-18)15(19)17-8-6-13(16)10-17/h4-5,12-13H,2-3,6-10,16H2,1H3/t12?,13-/m1/s1. The van der Waals surface area contributed by atoms with Crippen LogP contribution in [0, 0.1) is 12.8 Å². The molecule has 1 aromatic rings. The largest absolute Gasteiger partial charge is 0.341 e. The Hall–Kier alpha value is -0.960. The van der Waals surface area contributed by atoms with Gasteiger partial charge in [0.25, 0.3) is 10.0 Å². The quantitative estimate of drug-likeness (QED) is 0.875. The average Bonchev–Trinajstić information content (AvgIpc) is 3.15. The number of nitrogens with zero attached hydrogens (tertiary/aromatic N) is 2. The van der Waals surface area contributed by atoms with Crippen LogP contribution in [0.25, 0.3) is 0 Å². The summed E-state index contributed by atoms with van der Waals surface area (Å²) in [5.41, 5.74) is 5.87. The van der Waals surface area contributed by atoms with Gasteiger partial charge in [0.05, 0.1) is 5.92 Å². The summed E-state index contributed by atoms with van der Waals surface area (Å²) in [5, 5.41) is 0. The van der Waals surface area contributed by atoms with E-state index in [0.717, 1.165) is 24.1 Å². The van der Waals surface area contributed by atoms with E-state index in [2.05, 4.69) is 0 Å². The second kappa shape index (κ2) is 6.51. The maximum Gasteiger partial charge on any atom is 0.252 e. The fraction of sp³-hybridized carbons (Fsp3) is 0.667. The molecule has 1 unspecified atom stereocenters. The molecule has 2 aliphatic rings. The fourth-order valence-corrected chi connectivity index (χ4v) is 6.25. The number of hydrogen-bond donors (Lipinski definition) is 1. The lowest BCUT2D eigenvalue weighted by molar-refractivity contribution is -0.135. The number of rotatable bonds is 3. The summed E-state index contributed by atoms with van der Waals surface area (Å²) in [6.07, 6.45) is 2.30. The molecule has 2 atom stereocenters. The lowest BCUT2D eigenvalue weighted by atomic mass is 9.98. The molecule has 1 amide bonds. The van der Waals surface area contributed by atoms with E-state index in [9.17, 15) is 13.2 Å². The molecule has 0 saturated carbocycles. The lowest BCUT2D eigenvalue weighted by Crippen LogP contribution is -2.46. The number of amides is 1. The molecule has 0 spiro atoms. The zero-order valence-corrected chi connectivity index (χ0v) is 14.9. The second-order valence-corrected chi connectivity index (χ2v) is 9.85. The fourth-order valence-electron chi connectivity index (χ4n) is 3.29. The Morgan fingerprint density at radius 3 is 2.65 bits per heavy atom. The van der Waals surface area contributed by atoms with Gasteiger partial charge in [0.2, 0.25) is 5.91 Å². The maximum absolute atomic E-state index is 12.7. The SMILES string of the molecule is Cc1ccc(S(=O)(=O)N2CCCC(C(=O)N3CC[C@@H](N)C3)C2)s1. The first-order chi connectivity index (χ1) is 10.9. The number of sulfonamides is 1. The van der Waals surface area contributed by atoms with E-state index in [1.54, 1.807) is 11.0 Å². The first-order valence-electron chi connectivity index (χ1n) is 7.99. The van der Waals surface area contributed by atoms with Crippen molar-refractivity contribution in [3.63, 3.8) is 0 Å². The molecular weight excluding hydrogens is 334 g/mol. The molecule has 2 saturated heterocycles. The van der Waals surface area contributed by atoms with Crippen LogP contribution in [0.4, 0.5) is 0 Å². The summed E-state index contributed by atoms with van der Waals surface area (Å²) in [6.45, 7) is 3.94. The van der Waals surface area contributed by atoms with Crippen LogP contribution in [-0.2, 0) is 14.8 Å². The van der Waals surface area contributed by atoms with Crippen molar-refractivity contribution in [2.24, 2.45) is 11.7 Å². The van der Waals surface area contributed by atoms with E-state index in [1.165, 1.54) is 15.6 Å². The van der Waals surface area contributed by atoms with Crippen molar-refractivity contribution in [3.8, 4) is 0 Å². The molecule has 2 aliphatic heterocycles. The molecule has 8 heteroatoms. The van der Waals surface area contributed by atoms with E-state index in [4.69, 9.17) is 5.73 Å². The molecule has 3 heterocycles. The van der Waals surface area contributed by atoms with E-state index in [1.807, 2.05) is 13.0 Å². The summed E-state index contributed by atoms with van der Waals surface area (Å²) in [4.78, 5) is 15.4. The molecular formula is C15H23N3O3S2. The van der Waals surface area contributed by atoms with Gasteiger partial charge in [-0.1, -0.05) is 0 Å². The third-order valence-corrected chi connectivity index (χ3v) is 7.91. The maximum atomic E-state index is 12.7. The number of nitrogens with two attached hydrogens (primary N) is 1. The molecule has 0 aromatic carbocycles. The van der Waals surface area contributed by atoms with Crippen LogP contribution in [0.3, 0.4) is 0 Å². The first kappa shape index (κ1) is 16.9. The molecule has 2 fully saturated rings. The Bertz CT molecular complexity index is 686. The average molecular weight is 358 g/mol. The smallest absolute Gasteiger partial charge is 0.252 e. The summed E-state index contributed by atoms with van der Waals surface area (Å²) in [5.74, 6) is -0.190. The van der Waals surface area contributed by atoms with Crippen molar-refractivity contribution < 1.29 is 13.2 Å².